The quantitative estimate of drug-likeness (QED) is 0.456. The Kier molecular flexibility index (Phi) is 7.88. The summed E-state index contributed by atoms with van der Waals surface area (Å²) >= 11 is 0. The number of rotatable bonds is 10. The van der Waals surface area contributed by atoms with Gasteiger partial charge in [0.2, 0.25) is 11.8 Å². The van der Waals surface area contributed by atoms with E-state index in [2.05, 4.69) is 20.1 Å². The monoisotopic (exact) mass is 340 g/mol. The van der Waals surface area contributed by atoms with Crippen molar-refractivity contribution in [3.8, 4) is 0 Å². The molecule has 10 nitrogen and oxygen atoms in total. The SMILES string of the molecule is O=C(O)COCC(=O)Nc1cccc(NC(=O)COCC(=O)O)c1. The lowest BCUT2D eigenvalue weighted by atomic mass is 10.2. The molecule has 2 amide bonds. The van der Waals surface area contributed by atoms with Crippen LogP contribution < -0.4 is 10.6 Å². The summed E-state index contributed by atoms with van der Waals surface area (Å²) in [6.45, 7) is -2.02. The molecule has 0 aliphatic heterocycles. The molecule has 24 heavy (non-hydrogen) atoms. The maximum absolute atomic E-state index is 11.5. The van der Waals surface area contributed by atoms with Crippen LogP contribution in [0.2, 0.25) is 0 Å². The second-order valence-corrected chi connectivity index (χ2v) is 4.45. The highest BCUT2D eigenvalue weighted by Crippen LogP contribution is 2.15. The number of hydrogen-bond acceptors (Lipinski definition) is 6. The normalized spacial score (nSPS) is 10.0. The smallest absolute Gasteiger partial charge is 0.329 e. The van der Waals surface area contributed by atoms with Crippen LogP contribution in [0.25, 0.3) is 0 Å². The molecule has 1 aromatic carbocycles. The Labute approximate surface area is 136 Å². The molecule has 0 heterocycles. The van der Waals surface area contributed by atoms with Crippen LogP contribution in [0.15, 0.2) is 24.3 Å². The van der Waals surface area contributed by atoms with Crippen LogP contribution >= 0.6 is 0 Å². The number of carbonyl (C=O) groups excluding carboxylic acids is 2. The molecule has 130 valence electrons. The lowest BCUT2D eigenvalue weighted by molar-refractivity contribution is -0.144. The van der Waals surface area contributed by atoms with Gasteiger partial charge in [-0.3, -0.25) is 9.59 Å². The second-order valence-electron chi connectivity index (χ2n) is 4.45. The molecule has 0 radical (unpaired) electrons. The van der Waals surface area contributed by atoms with Gasteiger partial charge in [0.05, 0.1) is 0 Å². The Bertz CT molecular complexity index is 567. The number of carboxylic acid groups (broad SMARTS) is 2. The molecule has 0 aliphatic rings. The van der Waals surface area contributed by atoms with E-state index in [1.807, 2.05) is 0 Å². The van der Waals surface area contributed by atoms with Crippen molar-refractivity contribution in [3.05, 3.63) is 24.3 Å². The summed E-state index contributed by atoms with van der Waals surface area (Å²) in [6.07, 6.45) is 0. The number of amides is 2. The highest BCUT2D eigenvalue weighted by atomic mass is 16.5. The summed E-state index contributed by atoms with van der Waals surface area (Å²) < 4.78 is 9.28. The minimum atomic E-state index is -1.18. The van der Waals surface area contributed by atoms with Crippen molar-refractivity contribution in [2.45, 2.75) is 0 Å². The maximum atomic E-state index is 11.5. The lowest BCUT2D eigenvalue weighted by Gasteiger charge is -2.09. The van der Waals surface area contributed by atoms with E-state index in [0.29, 0.717) is 11.4 Å². The molecule has 0 spiro atoms. The van der Waals surface area contributed by atoms with Gasteiger partial charge in [0.15, 0.2) is 0 Å². The molecule has 0 aliphatic carbocycles. The third-order valence-electron chi connectivity index (χ3n) is 2.35. The van der Waals surface area contributed by atoms with E-state index in [9.17, 15) is 19.2 Å². The van der Waals surface area contributed by atoms with E-state index in [-0.39, 0.29) is 0 Å². The summed E-state index contributed by atoms with van der Waals surface area (Å²) in [5, 5.41) is 21.7. The van der Waals surface area contributed by atoms with Gasteiger partial charge in [-0.2, -0.15) is 0 Å². The van der Waals surface area contributed by atoms with Crippen LogP contribution in [0.3, 0.4) is 0 Å². The van der Waals surface area contributed by atoms with Gasteiger partial charge < -0.3 is 30.3 Å². The molecule has 4 N–H and O–H groups in total. The predicted octanol–water partition coefficient (Wildman–Crippen LogP) is -0.234. The molecule has 1 rings (SSSR count). The third-order valence-corrected chi connectivity index (χ3v) is 2.35. The number of carboxylic acids is 2. The van der Waals surface area contributed by atoms with Gasteiger partial charge in [-0.25, -0.2) is 9.59 Å². The molecule has 1 aromatic rings. The Balaban J connectivity index is 2.45. The first-order valence-corrected chi connectivity index (χ1v) is 6.65. The van der Waals surface area contributed by atoms with Crippen LogP contribution in [0.4, 0.5) is 11.4 Å². The van der Waals surface area contributed by atoms with Gasteiger partial charge in [-0.1, -0.05) is 6.07 Å². The zero-order valence-corrected chi connectivity index (χ0v) is 12.5. The van der Waals surface area contributed by atoms with Gasteiger partial charge in [-0.15, -0.1) is 0 Å². The predicted molar refractivity (Wildman–Crippen MR) is 80.6 cm³/mol. The molecular formula is C14H16N2O8. The number of carbonyl (C=O) groups is 4. The van der Waals surface area contributed by atoms with Crippen LogP contribution in [0, 0.1) is 0 Å². The molecule has 0 bridgehead atoms. The van der Waals surface area contributed by atoms with Crippen molar-refractivity contribution in [2.75, 3.05) is 37.1 Å². The summed E-state index contributed by atoms with van der Waals surface area (Å²) in [4.78, 5) is 43.6. The molecule has 0 unspecified atom stereocenters. The average molecular weight is 340 g/mol. The van der Waals surface area contributed by atoms with Crippen molar-refractivity contribution < 1.29 is 38.9 Å². The van der Waals surface area contributed by atoms with Crippen molar-refractivity contribution in [1.29, 1.82) is 0 Å². The van der Waals surface area contributed by atoms with Crippen LogP contribution in [0.5, 0.6) is 0 Å². The number of anilines is 2. The average Bonchev–Trinajstić information content (AvgIpc) is 2.46. The largest absolute Gasteiger partial charge is 0.480 e. The summed E-state index contributed by atoms with van der Waals surface area (Å²) in [7, 11) is 0. The fourth-order valence-electron chi connectivity index (χ4n) is 1.53. The zero-order chi connectivity index (χ0) is 17.9. The topological polar surface area (TPSA) is 151 Å². The molecule has 10 heteroatoms. The molecule has 0 aromatic heterocycles. The van der Waals surface area contributed by atoms with Crippen molar-refractivity contribution in [1.82, 2.24) is 0 Å². The van der Waals surface area contributed by atoms with Gasteiger partial charge in [0.25, 0.3) is 0 Å². The van der Waals surface area contributed by atoms with E-state index < -0.39 is 50.2 Å². The molecule has 0 saturated heterocycles. The van der Waals surface area contributed by atoms with Crippen LogP contribution in [-0.4, -0.2) is 60.4 Å². The summed E-state index contributed by atoms with van der Waals surface area (Å²) in [5.41, 5.74) is 0.728. The number of hydrogen-bond donors (Lipinski definition) is 4. The van der Waals surface area contributed by atoms with Crippen LogP contribution in [0.1, 0.15) is 0 Å². The summed E-state index contributed by atoms with van der Waals surface area (Å²) in [6, 6.07) is 6.16. The molecule has 0 fully saturated rings. The lowest BCUT2D eigenvalue weighted by Crippen LogP contribution is -2.22. The first-order valence-electron chi connectivity index (χ1n) is 6.65. The second kappa shape index (κ2) is 9.92. The van der Waals surface area contributed by atoms with Crippen molar-refractivity contribution in [2.24, 2.45) is 0 Å². The van der Waals surface area contributed by atoms with E-state index in [0.717, 1.165) is 0 Å². The number of benzene rings is 1. The minimum absolute atomic E-state index is 0.364. The van der Waals surface area contributed by atoms with E-state index in [4.69, 9.17) is 10.2 Å². The van der Waals surface area contributed by atoms with E-state index in [1.165, 1.54) is 6.07 Å². The Hall–Kier alpha value is -2.98. The molecule has 0 atom stereocenters. The highest BCUT2D eigenvalue weighted by Gasteiger charge is 2.07. The fourth-order valence-corrected chi connectivity index (χ4v) is 1.53. The first kappa shape index (κ1) is 19.1. The summed E-state index contributed by atoms with van der Waals surface area (Å²) in [5.74, 6) is -3.47. The first-order chi connectivity index (χ1) is 11.4. The van der Waals surface area contributed by atoms with Gasteiger partial charge >= 0.3 is 11.9 Å². The van der Waals surface area contributed by atoms with E-state index >= 15 is 0 Å². The number of aliphatic carboxylic acids is 2. The molecule has 0 saturated carbocycles. The Morgan fingerprint density at radius 3 is 1.58 bits per heavy atom. The number of nitrogens with one attached hydrogen (secondary N) is 2. The zero-order valence-electron chi connectivity index (χ0n) is 12.5. The van der Waals surface area contributed by atoms with Gasteiger partial charge in [-0.05, 0) is 18.2 Å². The van der Waals surface area contributed by atoms with Crippen LogP contribution in [-0.2, 0) is 28.7 Å². The van der Waals surface area contributed by atoms with E-state index in [1.54, 1.807) is 18.2 Å². The van der Waals surface area contributed by atoms with Gasteiger partial charge in [0, 0.05) is 11.4 Å². The number of ether oxygens (including phenoxy) is 2. The maximum Gasteiger partial charge on any atom is 0.329 e. The van der Waals surface area contributed by atoms with Crippen molar-refractivity contribution in [3.63, 3.8) is 0 Å². The Morgan fingerprint density at radius 1 is 0.792 bits per heavy atom. The van der Waals surface area contributed by atoms with Crippen molar-refractivity contribution >= 4 is 35.1 Å². The minimum Gasteiger partial charge on any atom is -0.480 e. The third kappa shape index (κ3) is 8.46. The van der Waals surface area contributed by atoms with Gasteiger partial charge in [0.1, 0.15) is 26.4 Å². The highest BCUT2D eigenvalue weighted by molar-refractivity contribution is 5.95. The fraction of sp³-hybridized carbons (Fsp3) is 0.286. The molecular weight excluding hydrogens is 324 g/mol. The Morgan fingerprint density at radius 2 is 1.21 bits per heavy atom. The standard InChI is InChI=1S/C14H16N2O8/c17-11(5-23-7-13(19)20)15-9-2-1-3-10(4-9)16-12(18)6-24-8-14(21)22/h1-4H,5-8H2,(H,15,17)(H,16,18)(H,19,20)(H,21,22).